The van der Waals surface area contributed by atoms with Gasteiger partial charge < -0.3 is 4.90 Å². The van der Waals surface area contributed by atoms with Gasteiger partial charge >= 0.3 is 0 Å². The number of sulfone groups is 1. The highest BCUT2D eigenvalue weighted by atomic mass is 32.2. The van der Waals surface area contributed by atoms with Gasteiger partial charge in [0.1, 0.15) is 12.2 Å². The van der Waals surface area contributed by atoms with Crippen LogP contribution in [-0.4, -0.2) is 47.2 Å². The predicted molar refractivity (Wildman–Crippen MR) is 88.4 cm³/mol. The van der Waals surface area contributed by atoms with E-state index in [1.54, 1.807) is 23.1 Å². The number of carbonyl (C=O) groups excluding carboxylic acids is 1. The lowest BCUT2D eigenvalue weighted by Gasteiger charge is -2.24. The fraction of sp³-hybridized carbons (Fsp3) is 0.400. The maximum absolute atomic E-state index is 13.1. The lowest BCUT2D eigenvalue weighted by atomic mass is 10.1. The van der Waals surface area contributed by atoms with E-state index < -0.39 is 15.7 Å². The summed E-state index contributed by atoms with van der Waals surface area (Å²) in [5.41, 5.74) is 0.794. The number of amides is 1. The number of nitrogens with zero attached hydrogens (tertiary/aromatic N) is 3. The van der Waals surface area contributed by atoms with Gasteiger partial charge in [0.15, 0.2) is 15.0 Å². The molecule has 0 unspecified atom stereocenters. The van der Waals surface area contributed by atoms with E-state index in [9.17, 15) is 17.6 Å². The van der Waals surface area contributed by atoms with Crippen molar-refractivity contribution in [3.63, 3.8) is 0 Å². The van der Waals surface area contributed by atoms with E-state index in [1.165, 1.54) is 23.9 Å². The molecule has 0 N–H and O–H groups in total. The molecular weight excluding hydrogens is 353 g/mol. The van der Waals surface area contributed by atoms with Crippen LogP contribution in [0.25, 0.3) is 0 Å². The molecule has 2 saturated heterocycles. The van der Waals surface area contributed by atoms with Gasteiger partial charge in [0, 0.05) is 11.8 Å². The molecule has 2 aliphatic rings. The van der Waals surface area contributed by atoms with Crippen LogP contribution < -0.4 is 0 Å². The van der Waals surface area contributed by atoms with Crippen LogP contribution >= 0.6 is 11.8 Å². The van der Waals surface area contributed by atoms with E-state index >= 15 is 0 Å². The van der Waals surface area contributed by atoms with Crippen LogP contribution in [0.15, 0.2) is 29.3 Å². The Kier molecular flexibility index (Phi) is 4.60. The summed E-state index contributed by atoms with van der Waals surface area (Å²) in [7, 11) is -3.11. The first-order valence-corrected chi connectivity index (χ1v) is 9.95. The topological polar surface area (TPSA) is 90.6 Å². The monoisotopic (exact) mass is 367 g/mol. The molecular formula is C15H14FN3O3S2. The number of hydrogen-bond acceptors (Lipinski definition) is 5. The minimum absolute atomic E-state index is 0.0112. The number of aliphatic imine (C=N–C) groups is 1. The average molecular weight is 367 g/mol. The van der Waals surface area contributed by atoms with Gasteiger partial charge in [-0.25, -0.2) is 12.8 Å². The summed E-state index contributed by atoms with van der Waals surface area (Å²) in [5.74, 6) is -0.841. The van der Waals surface area contributed by atoms with Crippen LogP contribution in [0.2, 0.25) is 0 Å². The van der Waals surface area contributed by atoms with Crippen molar-refractivity contribution in [2.75, 3.05) is 11.5 Å². The molecule has 0 aliphatic carbocycles. The van der Waals surface area contributed by atoms with Gasteiger partial charge in [0.05, 0.1) is 23.6 Å². The van der Waals surface area contributed by atoms with Gasteiger partial charge in [0.25, 0.3) is 5.91 Å². The number of carbonyl (C=O) groups is 1. The molecule has 3 rings (SSSR count). The molecule has 1 amide bonds. The maximum atomic E-state index is 13.1. The summed E-state index contributed by atoms with van der Waals surface area (Å²) in [6, 6.07) is 7.39. The minimum Gasteiger partial charge on any atom is -0.342 e. The predicted octanol–water partition coefficient (Wildman–Crippen LogP) is 1.34. The van der Waals surface area contributed by atoms with Crippen LogP contribution in [-0.2, 0) is 21.2 Å². The maximum Gasteiger partial charge on any atom is 0.262 e. The molecule has 1 aromatic rings. The molecule has 2 aliphatic heterocycles. The summed E-state index contributed by atoms with van der Waals surface area (Å²) in [4.78, 5) is 17.4. The summed E-state index contributed by atoms with van der Waals surface area (Å²) >= 11 is 1.26. The van der Waals surface area contributed by atoms with E-state index in [0.29, 0.717) is 11.7 Å². The number of benzene rings is 1. The van der Waals surface area contributed by atoms with E-state index in [0.717, 1.165) is 5.56 Å². The van der Waals surface area contributed by atoms with Crippen molar-refractivity contribution in [3.8, 4) is 6.07 Å². The summed E-state index contributed by atoms with van der Waals surface area (Å²) in [6.07, 6.45) is -0.317. The molecule has 1 aromatic carbocycles. The highest BCUT2D eigenvalue weighted by molar-refractivity contribution is 8.15. The molecule has 126 valence electrons. The molecule has 0 aromatic heterocycles. The second-order valence-electron chi connectivity index (χ2n) is 5.68. The Morgan fingerprint density at radius 2 is 2.08 bits per heavy atom. The second-order valence-corrected chi connectivity index (χ2v) is 9.04. The standard InChI is InChI=1S/C15H14FN3O3S2/c16-11-3-1-10(2-4-11)7-19-12-8-24(21,22)9-13(12)23-15(19)18-14(20)5-6-17/h1-4,12-13H,5,7-9H2/t12-,13+/m0/s1. The van der Waals surface area contributed by atoms with E-state index in [2.05, 4.69) is 4.99 Å². The SMILES string of the molecule is N#CCC(=O)N=C1S[C@@H]2CS(=O)(=O)C[C@@H]2N1Cc1ccc(F)cc1. The number of thioether (sulfide) groups is 1. The molecule has 0 saturated carbocycles. The Hall–Kier alpha value is -1.92. The van der Waals surface area contributed by atoms with E-state index in [-0.39, 0.29) is 35.0 Å². The van der Waals surface area contributed by atoms with Crippen molar-refractivity contribution in [1.82, 2.24) is 4.90 Å². The van der Waals surface area contributed by atoms with Crippen LogP contribution in [0, 0.1) is 17.1 Å². The zero-order chi connectivity index (χ0) is 17.3. The Morgan fingerprint density at radius 3 is 2.75 bits per heavy atom. The van der Waals surface area contributed by atoms with Crippen molar-refractivity contribution in [3.05, 3.63) is 35.6 Å². The quantitative estimate of drug-likeness (QED) is 0.801. The average Bonchev–Trinajstić information content (AvgIpc) is 2.95. The molecule has 2 heterocycles. The minimum atomic E-state index is -3.11. The smallest absolute Gasteiger partial charge is 0.262 e. The molecule has 0 bridgehead atoms. The Bertz CT molecular complexity index is 831. The molecule has 6 nitrogen and oxygen atoms in total. The molecule has 9 heteroatoms. The van der Waals surface area contributed by atoms with E-state index in [1.807, 2.05) is 0 Å². The third kappa shape index (κ3) is 3.60. The zero-order valence-electron chi connectivity index (χ0n) is 12.6. The van der Waals surface area contributed by atoms with Gasteiger partial charge in [-0.2, -0.15) is 10.3 Å². The number of rotatable bonds is 3. The fourth-order valence-corrected chi connectivity index (χ4v) is 6.79. The van der Waals surface area contributed by atoms with Crippen LogP contribution in [0.3, 0.4) is 0 Å². The lowest BCUT2D eigenvalue weighted by molar-refractivity contribution is -0.116. The molecule has 0 spiro atoms. The van der Waals surface area contributed by atoms with Crippen molar-refractivity contribution in [2.45, 2.75) is 24.3 Å². The normalized spacial score (nSPS) is 26.3. The lowest BCUT2D eigenvalue weighted by Crippen LogP contribution is -2.37. The van der Waals surface area contributed by atoms with Crippen molar-refractivity contribution < 1.29 is 17.6 Å². The van der Waals surface area contributed by atoms with Gasteiger partial charge in [-0.1, -0.05) is 23.9 Å². The third-order valence-corrected chi connectivity index (χ3v) is 7.14. The number of fused-ring (bicyclic) bond motifs is 1. The van der Waals surface area contributed by atoms with Gasteiger partial charge in [-0.3, -0.25) is 4.79 Å². The molecule has 24 heavy (non-hydrogen) atoms. The van der Waals surface area contributed by atoms with E-state index in [4.69, 9.17) is 5.26 Å². The Morgan fingerprint density at radius 1 is 1.38 bits per heavy atom. The second kappa shape index (κ2) is 6.53. The number of halogens is 1. The fourth-order valence-electron chi connectivity index (χ4n) is 2.82. The van der Waals surface area contributed by atoms with Gasteiger partial charge in [0.2, 0.25) is 0 Å². The highest BCUT2D eigenvalue weighted by Crippen LogP contribution is 2.39. The summed E-state index contributed by atoms with van der Waals surface area (Å²) in [6.45, 7) is 0.336. The number of amidine groups is 1. The first-order chi connectivity index (χ1) is 11.4. The Balaban J connectivity index is 1.88. The van der Waals surface area contributed by atoms with Crippen LogP contribution in [0.5, 0.6) is 0 Å². The molecule has 2 atom stereocenters. The van der Waals surface area contributed by atoms with Crippen molar-refractivity contribution in [2.24, 2.45) is 4.99 Å². The van der Waals surface area contributed by atoms with Gasteiger partial charge in [-0.05, 0) is 17.7 Å². The zero-order valence-corrected chi connectivity index (χ0v) is 14.2. The first-order valence-electron chi connectivity index (χ1n) is 7.24. The first kappa shape index (κ1) is 16.9. The summed E-state index contributed by atoms with van der Waals surface area (Å²) < 4.78 is 36.8. The summed E-state index contributed by atoms with van der Waals surface area (Å²) in [5, 5.41) is 8.85. The van der Waals surface area contributed by atoms with Crippen LogP contribution in [0.1, 0.15) is 12.0 Å². The third-order valence-electron chi connectivity index (χ3n) is 3.89. The van der Waals surface area contributed by atoms with Gasteiger partial charge in [-0.15, -0.1) is 0 Å². The highest BCUT2D eigenvalue weighted by Gasteiger charge is 2.48. The number of hydrogen-bond donors (Lipinski definition) is 0. The molecule has 0 radical (unpaired) electrons. The molecule has 2 fully saturated rings. The van der Waals surface area contributed by atoms with Crippen molar-refractivity contribution in [1.29, 1.82) is 5.26 Å². The Labute approximate surface area is 143 Å². The number of nitriles is 1. The van der Waals surface area contributed by atoms with Crippen LogP contribution in [0.4, 0.5) is 4.39 Å². The van der Waals surface area contributed by atoms with Crippen molar-refractivity contribution >= 4 is 32.7 Å². The largest absolute Gasteiger partial charge is 0.342 e.